The average Bonchev–Trinajstić information content (AvgIpc) is 2.81. The minimum absolute atomic E-state index is 0.140. The van der Waals surface area contributed by atoms with Crippen LogP contribution in [-0.4, -0.2) is 31.1 Å². The number of nitro groups is 1. The minimum Gasteiger partial charge on any atom is -0.370 e. The van der Waals surface area contributed by atoms with Crippen LogP contribution in [0.5, 0.6) is 0 Å². The third-order valence-electron chi connectivity index (χ3n) is 3.05. The van der Waals surface area contributed by atoms with Crippen LogP contribution in [0, 0.1) is 10.1 Å². The number of nitro benzene ring substituents is 1. The molecule has 16 heavy (non-hydrogen) atoms. The van der Waals surface area contributed by atoms with E-state index < -0.39 is 0 Å². The van der Waals surface area contributed by atoms with Crippen LogP contribution in [0.1, 0.15) is 6.42 Å². The standard InChI is InChI=1S/C11H15N3O2/c1-13(11-6-7-12-8-11)9-2-4-10(5-3-9)14(15)16/h2-5,11-12H,6-8H2,1H3. The topological polar surface area (TPSA) is 58.4 Å². The molecule has 0 aliphatic carbocycles. The van der Waals surface area contributed by atoms with Gasteiger partial charge in [0.05, 0.1) is 4.92 Å². The smallest absolute Gasteiger partial charge is 0.269 e. The van der Waals surface area contributed by atoms with Crippen molar-refractivity contribution in [3.8, 4) is 0 Å². The predicted octanol–water partition coefficient (Wildman–Crippen LogP) is 1.39. The van der Waals surface area contributed by atoms with Crippen molar-refractivity contribution >= 4 is 11.4 Å². The quantitative estimate of drug-likeness (QED) is 0.619. The molecule has 0 radical (unpaired) electrons. The molecule has 0 bridgehead atoms. The Balaban J connectivity index is 2.11. The molecule has 0 amide bonds. The van der Waals surface area contributed by atoms with Gasteiger partial charge in [0.25, 0.3) is 5.69 Å². The number of anilines is 1. The van der Waals surface area contributed by atoms with Gasteiger partial charge in [0.15, 0.2) is 0 Å². The molecule has 1 aromatic rings. The summed E-state index contributed by atoms with van der Waals surface area (Å²) in [5.41, 5.74) is 1.17. The van der Waals surface area contributed by atoms with Crippen molar-refractivity contribution in [1.29, 1.82) is 0 Å². The van der Waals surface area contributed by atoms with Crippen molar-refractivity contribution in [3.63, 3.8) is 0 Å². The van der Waals surface area contributed by atoms with Crippen LogP contribution in [0.3, 0.4) is 0 Å². The second-order valence-corrected chi connectivity index (χ2v) is 4.03. The third kappa shape index (κ3) is 2.14. The van der Waals surface area contributed by atoms with Gasteiger partial charge < -0.3 is 10.2 Å². The highest BCUT2D eigenvalue weighted by molar-refractivity contribution is 5.51. The maximum Gasteiger partial charge on any atom is 0.269 e. The third-order valence-corrected chi connectivity index (χ3v) is 3.05. The van der Waals surface area contributed by atoms with Gasteiger partial charge in [0, 0.05) is 37.5 Å². The minimum atomic E-state index is -0.374. The van der Waals surface area contributed by atoms with Crippen LogP contribution in [0.2, 0.25) is 0 Å². The fraction of sp³-hybridized carbons (Fsp3) is 0.455. The van der Waals surface area contributed by atoms with Crippen molar-refractivity contribution in [2.45, 2.75) is 12.5 Å². The fourth-order valence-electron chi connectivity index (χ4n) is 1.99. The Kier molecular flexibility index (Phi) is 3.05. The van der Waals surface area contributed by atoms with Crippen LogP contribution in [0.4, 0.5) is 11.4 Å². The highest BCUT2D eigenvalue weighted by atomic mass is 16.6. The van der Waals surface area contributed by atoms with Crippen molar-refractivity contribution in [3.05, 3.63) is 34.4 Å². The zero-order valence-electron chi connectivity index (χ0n) is 9.22. The summed E-state index contributed by atoms with van der Waals surface area (Å²) in [4.78, 5) is 12.3. The van der Waals surface area contributed by atoms with E-state index in [-0.39, 0.29) is 10.6 Å². The van der Waals surface area contributed by atoms with Gasteiger partial charge in [0.2, 0.25) is 0 Å². The highest BCUT2D eigenvalue weighted by Gasteiger charge is 2.19. The van der Waals surface area contributed by atoms with Crippen LogP contribution in [0.15, 0.2) is 24.3 Å². The van der Waals surface area contributed by atoms with Gasteiger partial charge in [-0.05, 0) is 25.1 Å². The number of hydrogen-bond acceptors (Lipinski definition) is 4. The SMILES string of the molecule is CN(c1ccc([N+](=O)[O-])cc1)C1CCNC1. The lowest BCUT2D eigenvalue weighted by atomic mass is 10.2. The maximum atomic E-state index is 10.5. The molecule has 1 aromatic carbocycles. The van der Waals surface area contributed by atoms with E-state index in [1.54, 1.807) is 24.3 Å². The number of non-ortho nitro benzene ring substituents is 1. The van der Waals surface area contributed by atoms with Crippen molar-refractivity contribution in [2.75, 3.05) is 25.0 Å². The van der Waals surface area contributed by atoms with E-state index >= 15 is 0 Å². The van der Waals surface area contributed by atoms with E-state index in [2.05, 4.69) is 10.2 Å². The van der Waals surface area contributed by atoms with Crippen molar-refractivity contribution in [1.82, 2.24) is 5.32 Å². The molecule has 0 spiro atoms. The Labute approximate surface area is 94.2 Å². The Morgan fingerprint density at radius 2 is 2.12 bits per heavy atom. The molecule has 1 aliphatic rings. The molecule has 1 saturated heterocycles. The van der Waals surface area contributed by atoms with E-state index in [9.17, 15) is 10.1 Å². The first-order valence-electron chi connectivity index (χ1n) is 5.36. The molecular formula is C11H15N3O2. The highest BCUT2D eigenvalue weighted by Crippen LogP contribution is 2.21. The fourth-order valence-corrected chi connectivity index (χ4v) is 1.99. The van der Waals surface area contributed by atoms with E-state index in [1.165, 1.54) is 0 Å². The molecule has 0 saturated carbocycles. The lowest BCUT2D eigenvalue weighted by Crippen LogP contribution is -2.33. The van der Waals surface area contributed by atoms with Gasteiger partial charge in [-0.25, -0.2) is 0 Å². The van der Waals surface area contributed by atoms with E-state index in [1.807, 2.05) is 7.05 Å². The predicted molar refractivity (Wildman–Crippen MR) is 62.8 cm³/mol. The summed E-state index contributed by atoms with van der Waals surface area (Å²) in [6, 6.07) is 7.19. The molecule has 1 aliphatic heterocycles. The zero-order valence-corrected chi connectivity index (χ0v) is 9.22. The first-order chi connectivity index (χ1) is 7.68. The molecular weight excluding hydrogens is 206 g/mol. The second-order valence-electron chi connectivity index (χ2n) is 4.03. The van der Waals surface area contributed by atoms with Crippen LogP contribution in [-0.2, 0) is 0 Å². The Hall–Kier alpha value is -1.62. The number of nitrogens with zero attached hydrogens (tertiary/aromatic N) is 2. The molecule has 5 nitrogen and oxygen atoms in total. The van der Waals surface area contributed by atoms with Gasteiger partial charge in [0.1, 0.15) is 0 Å². The molecule has 1 heterocycles. The van der Waals surface area contributed by atoms with Crippen molar-refractivity contribution < 1.29 is 4.92 Å². The molecule has 1 N–H and O–H groups in total. The number of nitrogens with one attached hydrogen (secondary N) is 1. The maximum absolute atomic E-state index is 10.5. The van der Waals surface area contributed by atoms with Crippen molar-refractivity contribution in [2.24, 2.45) is 0 Å². The van der Waals surface area contributed by atoms with Crippen LogP contribution < -0.4 is 10.2 Å². The van der Waals surface area contributed by atoms with Gasteiger partial charge >= 0.3 is 0 Å². The summed E-state index contributed by atoms with van der Waals surface area (Å²) < 4.78 is 0. The lowest BCUT2D eigenvalue weighted by Gasteiger charge is -2.25. The zero-order chi connectivity index (χ0) is 11.5. The van der Waals surface area contributed by atoms with Gasteiger partial charge in [-0.15, -0.1) is 0 Å². The van der Waals surface area contributed by atoms with Gasteiger partial charge in [-0.1, -0.05) is 0 Å². The summed E-state index contributed by atoms with van der Waals surface area (Å²) in [6.07, 6.45) is 1.12. The molecule has 1 atom stereocenters. The molecule has 1 unspecified atom stereocenters. The summed E-state index contributed by atoms with van der Waals surface area (Å²) in [7, 11) is 2.03. The number of likely N-dealkylation sites (N-methyl/N-ethyl adjacent to an activating group) is 1. The molecule has 5 heteroatoms. The number of hydrogen-bond donors (Lipinski definition) is 1. The second kappa shape index (κ2) is 4.49. The summed E-state index contributed by atoms with van der Waals surface area (Å²) >= 11 is 0. The Morgan fingerprint density at radius 1 is 1.44 bits per heavy atom. The molecule has 2 rings (SSSR count). The molecule has 0 aromatic heterocycles. The normalized spacial score (nSPS) is 19.7. The van der Waals surface area contributed by atoms with Crippen LogP contribution in [0.25, 0.3) is 0 Å². The molecule has 1 fully saturated rings. The Bertz CT molecular complexity index is 371. The van der Waals surface area contributed by atoms with E-state index in [0.717, 1.165) is 25.2 Å². The largest absolute Gasteiger partial charge is 0.370 e. The van der Waals surface area contributed by atoms with Crippen LogP contribution >= 0.6 is 0 Å². The summed E-state index contributed by atoms with van der Waals surface area (Å²) in [6.45, 7) is 2.02. The monoisotopic (exact) mass is 221 g/mol. The summed E-state index contributed by atoms with van der Waals surface area (Å²) in [5.74, 6) is 0. The average molecular weight is 221 g/mol. The summed E-state index contributed by atoms with van der Waals surface area (Å²) in [5, 5.41) is 13.8. The van der Waals surface area contributed by atoms with E-state index in [0.29, 0.717) is 6.04 Å². The first kappa shape index (κ1) is 10.9. The Morgan fingerprint density at radius 3 is 2.62 bits per heavy atom. The number of benzene rings is 1. The molecule has 86 valence electrons. The van der Waals surface area contributed by atoms with E-state index in [4.69, 9.17) is 0 Å². The van der Waals surface area contributed by atoms with Gasteiger partial charge in [-0.2, -0.15) is 0 Å². The first-order valence-corrected chi connectivity index (χ1v) is 5.36. The number of rotatable bonds is 3. The van der Waals surface area contributed by atoms with Gasteiger partial charge in [-0.3, -0.25) is 10.1 Å². The lowest BCUT2D eigenvalue weighted by molar-refractivity contribution is -0.384.